The number of rotatable bonds is 5. The van der Waals surface area contributed by atoms with Crippen molar-refractivity contribution in [3.05, 3.63) is 59.6 Å². The molecule has 3 rings (SSSR count). The third kappa shape index (κ3) is 4.42. The lowest BCUT2D eigenvalue weighted by atomic mass is 10.2. The topological polar surface area (TPSA) is 62.7 Å². The van der Waals surface area contributed by atoms with Gasteiger partial charge in [0.15, 0.2) is 0 Å². The van der Waals surface area contributed by atoms with Gasteiger partial charge in [0.2, 0.25) is 5.95 Å². The van der Waals surface area contributed by atoms with Crippen molar-refractivity contribution < 1.29 is 4.39 Å². The van der Waals surface area contributed by atoms with E-state index in [0.717, 1.165) is 11.3 Å². The van der Waals surface area contributed by atoms with Gasteiger partial charge >= 0.3 is 0 Å². The molecule has 7 heteroatoms. The first-order valence-electron chi connectivity index (χ1n) is 7.79. The van der Waals surface area contributed by atoms with Crippen LogP contribution in [-0.2, 0) is 0 Å². The molecule has 0 unspecified atom stereocenters. The Labute approximate surface area is 150 Å². The molecule has 0 saturated carbocycles. The molecule has 25 heavy (non-hydrogen) atoms. The summed E-state index contributed by atoms with van der Waals surface area (Å²) in [6.45, 7) is 4.02. The molecule has 0 saturated heterocycles. The van der Waals surface area contributed by atoms with Gasteiger partial charge < -0.3 is 10.6 Å². The number of hydrogen-bond donors (Lipinski definition) is 2. The number of halogens is 2. The fraction of sp³-hybridized carbons (Fsp3) is 0.167. The minimum atomic E-state index is -0.463. The molecule has 128 valence electrons. The van der Waals surface area contributed by atoms with Gasteiger partial charge in [-0.3, -0.25) is 4.98 Å². The van der Waals surface area contributed by atoms with Crippen molar-refractivity contribution in [2.45, 2.75) is 19.9 Å². The fourth-order valence-corrected chi connectivity index (χ4v) is 2.41. The third-order valence-electron chi connectivity index (χ3n) is 3.31. The summed E-state index contributed by atoms with van der Waals surface area (Å²) in [6.07, 6.45) is 3.42. The van der Waals surface area contributed by atoms with Crippen LogP contribution in [0.2, 0.25) is 5.02 Å². The first-order valence-corrected chi connectivity index (χ1v) is 8.17. The monoisotopic (exact) mass is 357 g/mol. The van der Waals surface area contributed by atoms with E-state index in [-0.39, 0.29) is 11.1 Å². The van der Waals surface area contributed by atoms with Crippen LogP contribution in [-0.4, -0.2) is 21.0 Å². The van der Waals surface area contributed by atoms with Gasteiger partial charge in [-0.15, -0.1) is 0 Å². The highest BCUT2D eigenvalue weighted by Gasteiger charge is 2.09. The molecule has 0 bridgehead atoms. The quantitative estimate of drug-likeness (QED) is 0.680. The molecule has 2 aromatic heterocycles. The maximum Gasteiger partial charge on any atom is 0.225 e. The van der Waals surface area contributed by atoms with Gasteiger partial charge in [0.05, 0.1) is 10.7 Å². The first-order chi connectivity index (χ1) is 12.0. The lowest BCUT2D eigenvalue weighted by Gasteiger charge is -2.13. The number of benzene rings is 1. The second-order valence-electron chi connectivity index (χ2n) is 5.75. The SMILES string of the molecule is CC(C)Nc1nc(Nc2ccc(F)c(Cl)c2)cc(-c2ccncc2)n1. The molecule has 0 fully saturated rings. The minimum Gasteiger partial charge on any atom is -0.352 e. The van der Waals surface area contributed by atoms with Crippen molar-refractivity contribution in [1.82, 2.24) is 15.0 Å². The molecule has 5 nitrogen and oxygen atoms in total. The Balaban J connectivity index is 1.98. The summed E-state index contributed by atoms with van der Waals surface area (Å²) < 4.78 is 13.3. The Morgan fingerprint density at radius 2 is 1.80 bits per heavy atom. The Bertz CT molecular complexity index is 871. The van der Waals surface area contributed by atoms with Crippen molar-refractivity contribution in [3.63, 3.8) is 0 Å². The highest BCUT2D eigenvalue weighted by atomic mass is 35.5. The molecule has 2 heterocycles. The van der Waals surface area contributed by atoms with E-state index in [1.807, 2.05) is 32.0 Å². The normalized spacial score (nSPS) is 10.8. The molecule has 0 aliphatic rings. The average molecular weight is 358 g/mol. The standard InChI is InChI=1S/C18H17ClFN5/c1-11(2)22-18-24-16(12-5-7-21-8-6-12)10-17(25-18)23-13-3-4-15(20)14(19)9-13/h3-11H,1-2H3,(H2,22,23,24,25). The average Bonchev–Trinajstić information content (AvgIpc) is 2.58. The summed E-state index contributed by atoms with van der Waals surface area (Å²) >= 11 is 5.84. The number of hydrogen-bond acceptors (Lipinski definition) is 5. The lowest BCUT2D eigenvalue weighted by Crippen LogP contribution is -2.13. The van der Waals surface area contributed by atoms with Crippen LogP contribution in [0.25, 0.3) is 11.3 Å². The minimum absolute atomic E-state index is 0.0499. The highest BCUT2D eigenvalue weighted by molar-refractivity contribution is 6.31. The lowest BCUT2D eigenvalue weighted by molar-refractivity contribution is 0.628. The number of nitrogens with zero attached hydrogens (tertiary/aromatic N) is 3. The fourth-order valence-electron chi connectivity index (χ4n) is 2.23. The molecule has 1 aromatic carbocycles. The molecular formula is C18H17ClFN5. The number of anilines is 3. The van der Waals surface area contributed by atoms with Crippen LogP contribution < -0.4 is 10.6 Å². The van der Waals surface area contributed by atoms with E-state index in [1.165, 1.54) is 12.1 Å². The van der Waals surface area contributed by atoms with Crippen LogP contribution in [0.4, 0.5) is 21.8 Å². The van der Waals surface area contributed by atoms with Crippen LogP contribution in [0.3, 0.4) is 0 Å². The van der Waals surface area contributed by atoms with Gasteiger partial charge in [-0.1, -0.05) is 11.6 Å². The third-order valence-corrected chi connectivity index (χ3v) is 3.60. The van der Waals surface area contributed by atoms with Crippen LogP contribution in [0.1, 0.15) is 13.8 Å². The molecule has 0 amide bonds. The Hall–Kier alpha value is -2.73. The van der Waals surface area contributed by atoms with Crippen molar-refractivity contribution in [1.29, 1.82) is 0 Å². The Morgan fingerprint density at radius 3 is 2.48 bits per heavy atom. The predicted molar refractivity (Wildman–Crippen MR) is 98.7 cm³/mol. The van der Waals surface area contributed by atoms with Crippen LogP contribution in [0.5, 0.6) is 0 Å². The highest BCUT2D eigenvalue weighted by Crippen LogP contribution is 2.25. The summed E-state index contributed by atoms with van der Waals surface area (Å²) in [6, 6.07) is 10.2. The van der Waals surface area contributed by atoms with Gasteiger partial charge in [0.25, 0.3) is 0 Å². The van der Waals surface area contributed by atoms with E-state index in [1.54, 1.807) is 18.5 Å². The number of pyridine rings is 1. The summed E-state index contributed by atoms with van der Waals surface area (Å²) in [4.78, 5) is 13.0. The van der Waals surface area contributed by atoms with Crippen molar-refractivity contribution >= 4 is 29.1 Å². The summed E-state index contributed by atoms with van der Waals surface area (Å²) in [5.41, 5.74) is 2.31. The smallest absolute Gasteiger partial charge is 0.225 e. The van der Waals surface area contributed by atoms with E-state index in [9.17, 15) is 4.39 Å². The molecule has 0 spiro atoms. The van der Waals surface area contributed by atoms with Crippen LogP contribution >= 0.6 is 11.6 Å². The van der Waals surface area contributed by atoms with Gasteiger partial charge in [-0.25, -0.2) is 9.37 Å². The van der Waals surface area contributed by atoms with Gasteiger partial charge in [-0.2, -0.15) is 4.98 Å². The van der Waals surface area contributed by atoms with Gasteiger partial charge in [0, 0.05) is 35.8 Å². The van der Waals surface area contributed by atoms with E-state index in [0.29, 0.717) is 17.5 Å². The first kappa shape index (κ1) is 17.1. The van der Waals surface area contributed by atoms with E-state index in [2.05, 4.69) is 25.6 Å². The van der Waals surface area contributed by atoms with Gasteiger partial charge in [-0.05, 0) is 44.2 Å². The van der Waals surface area contributed by atoms with Crippen molar-refractivity contribution in [2.75, 3.05) is 10.6 Å². The summed E-state index contributed by atoms with van der Waals surface area (Å²) in [5.74, 6) is 0.613. The zero-order chi connectivity index (χ0) is 17.8. The second kappa shape index (κ2) is 7.44. The van der Waals surface area contributed by atoms with Gasteiger partial charge in [0.1, 0.15) is 11.6 Å². The largest absolute Gasteiger partial charge is 0.352 e. The van der Waals surface area contributed by atoms with E-state index >= 15 is 0 Å². The van der Waals surface area contributed by atoms with E-state index < -0.39 is 5.82 Å². The summed E-state index contributed by atoms with van der Waals surface area (Å²) in [5, 5.41) is 6.39. The zero-order valence-electron chi connectivity index (χ0n) is 13.8. The molecule has 2 N–H and O–H groups in total. The molecule has 3 aromatic rings. The molecule has 0 atom stereocenters. The van der Waals surface area contributed by atoms with Crippen molar-refractivity contribution in [2.24, 2.45) is 0 Å². The predicted octanol–water partition coefficient (Wildman–Crippen LogP) is 4.90. The molecule has 0 aliphatic heterocycles. The number of aromatic nitrogens is 3. The maximum absolute atomic E-state index is 13.3. The molecule has 0 aliphatic carbocycles. The zero-order valence-corrected chi connectivity index (χ0v) is 14.5. The number of nitrogens with one attached hydrogen (secondary N) is 2. The van der Waals surface area contributed by atoms with Crippen LogP contribution in [0, 0.1) is 5.82 Å². The Kier molecular flexibility index (Phi) is 5.09. The van der Waals surface area contributed by atoms with Crippen molar-refractivity contribution in [3.8, 4) is 11.3 Å². The van der Waals surface area contributed by atoms with Crippen LogP contribution in [0.15, 0.2) is 48.8 Å². The molecular weight excluding hydrogens is 341 g/mol. The van der Waals surface area contributed by atoms with E-state index in [4.69, 9.17) is 11.6 Å². The second-order valence-corrected chi connectivity index (χ2v) is 6.16. The maximum atomic E-state index is 13.3. The Morgan fingerprint density at radius 1 is 1.04 bits per heavy atom. The molecule has 0 radical (unpaired) electrons. The summed E-state index contributed by atoms with van der Waals surface area (Å²) in [7, 11) is 0.